The van der Waals surface area contributed by atoms with Crippen molar-refractivity contribution in [3.05, 3.63) is 60.9 Å². The molecule has 1 saturated heterocycles. The van der Waals surface area contributed by atoms with E-state index < -0.39 is 0 Å². The number of aromatic nitrogens is 4. The van der Waals surface area contributed by atoms with Crippen LogP contribution in [0.5, 0.6) is 5.75 Å². The molecule has 3 heterocycles. The van der Waals surface area contributed by atoms with Crippen LogP contribution in [0.1, 0.15) is 0 Å². The molecule has 28 heavy (non-hydrogen) atoms. The molecule has 7 nitrogen and oxygen atoms in total. The smallest absolute Gasteiger partial charge is 0.183 e. The van der Waals surface area contributed by atoms with Gasteiger partial charge in [-0.3, -0.25) is 4.68 Å². The molecular formula is C21H22N6O. The number of anilines is 2. The average Bonchev–Trinajstić information content (AvgIpc) is 2.74. The second-order valence-electron chi connectivity index (χ2n) is 7.00. The van der Waals surface area contributed by atoms with Crippen molar-refractivity contribution in [2.45, 2.75) is 0 Å². The molecule has 0 bridgehead atoms. The summed E-state index contributed by atoms with van der Waals surface area (Å²) in [5.74, 6) is 1.30. The number of phenols is 1. The van der Waals surface area contributed by atoms with Gasteiger partial charge in [-0.05, 0) is 24.3 Å². The number of para-hydroxylation sites is 3. The van der Waals surface area contributed by atoms with Crippen LogP contribution in [0.4, 0.5) is 11.5 Å². The fraction of sp³-hybridized carbons (Fsp3) is 0.238. The molecule has 1 aliphatic heterocycles. The van der Waals surface area contributed by atoms with E-state index in [-0.39, 0.29) is 0 Å². The highest BCUT2D eigenvalue weighted by molar-refractivity contribution is 5.87. The zero-order valence-electron chi connectivity index (χ0n) is 15.7. The molecule has 142 valence electrons. The maximum atomic E-state index is 10.1. The van der Waals surface area contributed by atoms with Gasteiger partial charge in [0.1, 0.15) is 17.6 Å². The van der Waals surface area contributed by atoms with Gasteiger partial charge in [0.2, 0.25) is 0 Å². The fourth-order valence-electron chi connectivity index (χ4n) is 3.99. The van der Waals surface area contributed by atoms with Gasteiger partial charge in [-0.25, -0.2) is 14.6 Å². The first-order valence-corrected chi connectivity index (χ1v) is 9.46. The standard InChI is InChI=1S/C21H22N6O/c1-24-19-20(22-15-23-21(19)27(24)16-7-3-2-4-8-16)26-13-11-25(12-14-26)17-9-5-6-10-18(17)28/h2-10,15,28H,11-14H2,1H3. The number of fused-ring (bicyclic) bond motifs is 1. The molecule has 7 heteroatoms. The summed E-state index contributed by atoms with van der Waals surface area (Å²) in [6.45, 7) is 3.36. The van der Waals surface area contributed by atoms with Crippen LogP contribution in [0.2, 0.25) is 0 Å². The molecule has 0 radical (unpaired) electrons. The van der Waals surface area contributed by atoms with Crippen molar-refractivity contribution in [1.82, 2.24) is 19.3 Å². The summed E-state index contributed by atoms with van der Waals surface area (Å²) >= 11 is 0. The number of hydrogen-bond donors (Lipinski definition) is 1. The van der Waals surface area contributed by atoms with E-state index in [0.717, 1.165) is 54.5 Å². The van der Waals surface area contributed by atoms with Gasteiger partial charge in [0.05, 0.1) is 11.4 Å². The van der Waals surface area contributed by atoms with Crippen molar-refractivity contribution in [3.8, 4) is 11.4 Å². The molecule has 1 N–H and O–H groups in total. The second kappa shape index (κ2) is 6.60. The first-order chi connectivity index (χ1) is 13.7. The van der Waals surface area contributed by atoms with Crippen LogP contribution >= 0.6 is 0 Å². The number of nitrogens with zero attached hydrogens (tertiary/aromatic N) is 6. The Hall–Kier alpha value is -3.48. The molecule has 0 atom stereocenters. The van der Waals surface area contributed by atoms with Crippen LogP contribution in [0, 0.1) is 0 Å². The third-order valence-corrected chi connectivity index (χ3v) is 5.41. The Balaban J connectivity index is 1.42. The van der Waals surface area contributed by atoms with E-state index in [9.17, 15) is 5.11 Å². The summed E-state index contributed by atoms with van der Waals surface area (Å²) < 4.78 is 4.20. The molecule has 0 unspecified atom stereocenters. The molecule has 2 aromatic carbocycles. The molecule has 1 aliphatic rings. The Bertz CT molecular complexity index is 1110. The van der Waals surface area contributed by atoms with Crippen LogP contribution < -0.4 is 9.80 Å². The third kappa shape index (κ3) is 2.58. The van der Waals surface area contributed by atoms with Crippen molar-refractivity contribution in [1.29, 1.82) is 0 Å². The lowest BCUT2D eigenvalue weighted by molar-refractivity contribution is 0.472. The van der Waals surface area contributed by atoms with Gasteiger partial charge in [0.15, 0.2) is 11.5 Å². The van der Waals surface area contributed by atoms with Crippen molar-refractivity contribution in [2.24, 2.45) is 7.05 Å². The van der Waals surface area contributed by atoms with Gasteiger partial charge >= 0.3 is 0 Å². The van der Waals surface area contributed by atoms with Crippen LogP contribution in [0.3, 0.4) is 0 Å². The van der Waals surface area contributed by atoms with E-state index in [1.807, 2.05) is 43.4 Å². The van der Waals surface area contributed by atoms with Crippen LogP contribution in [0.15, 0.2) is 60.9 Å². The third-order valence-electron chi connectivity index (χ3n) is 5.41. The van der Waals surface area contributed by atoms with E-state index >= 15 is 0 Å². The largest absolute Gasteiger partial charge is 0.506 e. The lowest BCUT2D eigenvalue weighted by Crippen LogP contribution is -2.47. The molecule has 0 spiro atoms. The molecular weight excluding hydrogens is 352 g/mol. The molecule has 0 aliphatic carbocycles. The number of phenolic OH excluding ortho intramolecular Hbond substituents is 1. The maximum Gasteiger partial charge on any atom is 0.183 e. The number of aryl methyl sites for hydroxylation is 1. The Morgan fingerprint density at radius 2 is 1.50 bits per heavy atom. The second-order valence-corrected chi connectivity index (χ2v) is 7.00. The zero-order chi connectivity index (χ0) is 19.1. The highest BCUT2D eigenvalue weighted by atomic mass is 16.3. The van der Waals surface area contributed by atoms with Crippen LogP contribution in [-0.2, 0) is 7.05 Å². The Morgan fingerprint density at radius 3 is 2.25 bits per heavy atom. The van der Waals surface area contributed by atoms with Gasteiger partial charge < -0.3 is 14.9 Å². The van der Waals surface area contributed by atoms with Crippen molar-refractivity contribution in [3.63, 3.8) is 0 Å². The highest BCUT2D eigenvalue weighted by Crippen LogP contribution is 2.31. The summed E-state index contributed by atoms with van der Waals surface area (Å²) in [5, 5.41) is 10.1. The minimum Gasteiger partial charge on any atom is -0.506 e. The SMILES string of the molecule is Cn1c2c(N3CCN(c4ccccc4O)CC3)ncnc2n1-c1ccccc1. The monoisotopic (exact) mass is 374 g/mol. The van der Waals surface area contributed by atoms with Crippen LogP contribution in [-0.4, -0.2) is 50.6 Å². The van der Waals surface area contributed by atoms with Gasteiger partial charge in [-0.1, -0.05) is 30.3 Å². The van der Waals surface area contributed by atoms with E-state index in [4.69, 9.17) is 0 Å². The number of benzene rings is 2. The maximum absolute atomic E-state index is 10.1. The van der Waals surface area contributed by atoms with Gasteiger partial charge in [0.25, 0.3) is 0 Å². The first kappa shape index (κ1) is 16.7. The summed E-state index contributed by atoms with van der Waals surface area (Å²) in [6, 6.07) is 17.7. The average molecular weight is 374 g/mol. The van der Waals surface area contributed by atoms with Gasteiger partial charge in [-0.2, -0.15) is 0 Å². The van der Waals surface area contributed by atoms with E-state index in [2.05, 4.69) is 41.3 Å². The molecule has 2 aromatic heterocycles. The first-order valence-electron chi connectivity index (χ1n) is 9.46. The van der Waals surface area contributed by atoms with Crippen molar-refractivity contribution in [2.75, 3.05) is 36.0 Å². The Labute approximate surface area is 163 Å². The summed E-state index contributed by atoms with van der Waals surface area (Å²) in [6.07, 6.45) is 1.65. The highest BCUT2D eigenvalue weighted by Gasteiger charge is 2.25. The van der Waals surface area contributed by atoms with E-state index in [0.29, 0.717) is 5.75 Å². The molecule has 0 amide bonds. The predicted octanol–water partition coefficient (Wildman–Crippen LogP) is 2.79. The van der Waals surface area contributed by atoms with Gasteiger partial charge in [-0.15, -0.1) is 0 Å². The predicted molar refractivity (Wildman–Crippen MR) is 110 cm³/mol. The number of hydrogen-bond acceptors (Lipinski definition) is 5. The molecule has 1 fully saturated rings. The van der Waals surface area contributed by atoms with Gasteiger partial charge in [0, 0.05) is 33.2 Å². The molecule has 0 saturated carbocycles. The summed E-state index contributed by atoms with van der Waals surface area (Å²) in [4.78, 5) is 13.6. The minimum absolute atomic E-state index is 0.334. The number of piperazine rings is 1. The Morgan fingerprint density at radius 1 is 0.821 bits per heavy atom. The van der Waals surface area contributed by atoms with Crippen molar-refractivity contribution >= 4 is 22.7 Å². The summed E-state index contributed by atoms with van der Waals surface area (Å²) in [7, 11) is 2.04. The van der Waals surface area contributed by atoms with E-state index in [1.165, 1.54) is 0 Å². The van der Waals surface area contributed by atoms with Crippen LogP contribution in [0.25, 0.3) is 16.9 Å². The topological polar surface area (TPSA) is 62.4 Å². The zero-order valence-corrected chi connectivity index (χ0v) is 15.7. The fourth-order valence-corrected chi connectivity index (χ4v) is 3.99. The molecule has 4 aromatic rings. The number of rotatable bonds is 3. The van der Waals surface area contributed by atoms with Crippen molar-refractivity contribution < 1.29 is 5.11 Å². The Kier molecular flexibility index (Phi) is 3.93. The normalized spacial score (nSPS) is 14.8. The lowest BCUT2D eigenvalue weighted by Gasteiger charge is -2.38. The lowest BCUT2D eigenvalue weighted by atomic mass is 10.2. The minimum atomic E-state index is 0.334. The quantitative estimate of drug-likeness (QED) is 0.597. The summed E-state index contributed by atoms with van der Waals surface area (Å²) in [5.41, 5.74) is 3.97. The molecule has 5 rings (SSSR count). The van der Waals surface area contributed by atoms with E-state index in [1.54, 1.807) is 12.4 Å². The number of aromatic hydroxyl groups is 1.